The van der Waals surface area contributed by atoms with Gasteiger partial charge in [-0.2, -0.15) is 0 Å². The molecule has 4 saturated carbocycles. The van der Waals surface area contributed by atoms with E-state index in [0.29, 0.717) is 23.7 Å². The molecule has 0 heterocycles. The second-order valence-electron chi connectivity index (χ2n) is 13.0. The van der Waals surface area contributed by atoms with Gasteiger partial charge >= 0.3 is 0 Å². The quantitative estimate of drug-likeness (QED) is 0.484. The van der Waals surface area contributed by atoms with E-state index in [-0.39, 0.29) is 34.7 Å². The van der Waals surface area contributed by atoms with E-state index in [1.165, 1.54) is 5.57 Å². The lowest BCUT2D eigenvalue weighted by Gasteiger charge is -2.67. The minimum atomic E-state index is -0.792. The summed E-state index contributed by atoms with van der Waals surface area (Å²) in [6, 6.07) is 0. The maximum absolute atomic E-state index is 12.4. The molecule has 0 aromatic heterocycles. The SMILES string of the molecule is C=C(/C=C\[C@@H](C)[C@H]1CC[C@@H]2[C@]1(C)C[C@H](O)[C@@H]1[C@@]3(C)CC[C@H](O)[C@@H](C)[C@@H]3CC[C@@]21O)C(C)C. The summed E-state index contributed by atoms with van der Waals surface area (Å²) in [6.07, 6.45) is 10.2. The van der Waals surface area contributed by atoms with Crippen LogP contribution >= 0.6 is 0 Å². The molecule has 0 saturated heterocycles. The number of aliphatic hydroxyl groups is 3. The van der Waals surface area contributed by atoms with Gasteiger partial charge in [-0.15, -0.1) is 0 Å². The Kier molecular flexibility index (Phi) is 6.30. The minimum Gasteiger partial charge on any atom is -0.393 e. The summed E-state index contributed by atoms with van der Waals surface area (Å²) in [5.74, 6) is 2.14. The fraction of sp³-hybridized carbons (Fsp3) is 0.862. The van der Waals surface area contributed by atoms with Gasteiger partial charge in [-0.25, -0.2) is 0 Å². The molecule has 3 heteroatoms. The lowest BCUT2D eigenvalue weighted by atomic mass is 9.40. The summed E-state index contributed by atoms with van der Waals surface area (Å²) >= 11 is 0. The standard InChI is InChI=1S/C29H48O3/c1-17(2)18(3)8-9-19(4)21-10-11-25-28(21,7)16-24(31)26-27(6)14-13-23(30)20(5)22(27)12-15-29(25,26)32/h8-9,17,19-26,30-32H,3,10-16H2,1-2,4-7H3/b9-8-/t19-,20+,21-,22+,23+,24+,25-,26-,27+,28-,29-/m1/s1. The first-order chi connectivity index (χ1) is 14.9. The van der Waals surface area contributed by atoms with Crippen LogP contribution in [0.1, 0.15) is 86.5 Å². The van der Waals surface area contributed by atoms with Crippen LogP contribution in [0, 0.1) is 52.3 Å². The molecule has 0 spiro atoms. The van der Waals surface area contributed by atoms with Gasteiger partial charge in [0.1, 0.15) is 0 Å². The highest BCUT2D eigenvalue weighted by molar-refractivity contribution is 5.22. The Labute approximate surface area is 196 Å². The van der Waals surface area contributed by atoms with Gasteiger partial charge in [0.25, 0.3) is 0 Å². The third-order valence-electron chi connectivity index (χ3n) is 11.2. The highest BCUT2D eigenvalue weighted by atomic mass is 16.3. The Morgan fingerprint density at radius 2 is 1.66 bits per heavy atom. The Hall–Kier alpha value is -0.640. The second kappa shape index (κ2) is 8.24. The monoisotopic (exact) mass is 444 g/mol. The van der Waals surface area contributed by atoms with E-state index in [4.69, 9.17) is 0 Å². The summed E-state index contributed by atoms with van der Waals surface area (Å²) in [5.41, 5.74) is 0.236. The van der Waals surface area contributed by atoms with Crippen molar-refractivity contribution in [2.24, 2.45) is 52.3 Å². The number of hydrogen-bond donors (Lipinski definition) is 3. The molecule has 0 amide bonds. The van der Waals surface area contributed by atoms with E-state index >= 15 is 0 Å². The Balaban J connectivity index is 1.63. The van der Waals surface area contributed by atoms with Gasteiger partial charge in [0.2, 0.25) is 0 Å². The fourth-order valence-corrected chi connectivity index (χ4v) is 9.44. The van der Waals surface area contributed by atoms with Crippen LogP contribution in [0.5, 0.6) is 0 Å². The van der Waals surface area contributed by atoms with Gasteiger partial charge in [0.05, 0.1) is 17.8 Å². The van der Waals surface area contributed by atoms with Crippen molar-refractivity contribution in [1.29, 1.82) is 0 Å². The third-order valence-corrected chi connectivity index (χ3v) is 11.2. The average Bonchev–Trinajstić information content (AvgIpc) is 3.06. The third kappa shape index (κ3) is 3.48. The predicted octanol–water partition coefficient (Wildman–Crippen LogP) is 5.74. The van der Waals surface area contributed by atoms with Crippen molar-refractivity contribution in [3.05, 3.63) is 24.3 Å². The van der Waals surface area contributed by atoms with Crippen molar-refractivity contribution in [2.45, 2.75) is 104 Å². The molecule has 32 heavy (non-hydrogen) atoms. The van der Waals surface area contributed by atoms with Crippen LogP contribution in [0.15, 0.2) is 24.3 Å². The van der Waals surface area contributed by atoms with Crippen molar-refractivity contribution in [3.63, 3.8) is 0 Å². The van der Waals surface area contributed by atoms with E-state index in [1.54, 1.807) is 0 Å². The number of rotatable bonds is 4. The molecule has 0 aromatic rings. The van der Waals surface area contributed by atoms with Gasteiger partial charge < -0.3 is 15.3 Å². The van der Waals surface area contributed by atoms with Crippen LogP contribution in [-0.2, 0) is 0 Å². The average molecular weight is 445 g/mol. The number of hydrogen-bond acceptors (Lipinski definition) is 3. The Bertz CT molecular complexity index is 758. The molecular formula is C29H48O3. The van der Waals surface area contributed by atoms with Crippen molar-refractivity contribution in [3.8, 4) is 0 Å². The Morgan fingerprint density at radius 3 is 2.31 bits per heavy atom. The first kappa shape index (κ1) is 24.5. The van der Waals surface area contributed by atoms with Gasteiger partial charge in [-0.05, 0) is 91.3 Å². The zero-order chi connectivity index (χ0) is 23.6. The van der Waals surface area contributed by atoms with Crippen molar-refractivity contribution >= 4 is 0 Å². The van der Waals surface area contributed by atoms with Gasteiger partial charge in [-0.1, -0.05) is 65.8 Å². The van der Waals surface area contributed by atoms with Crippen LogP contribution < -0.4 is 0 Å². The van der Waals surface area contributed by atoms with Crippen molar-refractivity contribution in [1.82, 2.24) is 0 Å². The lowest BCUT2D eigenvalue weighted by molar-refractivity contribution is -0.267. The summed E-state index contributed by atoms with van der Waals surface area (Å²) < 4.78 is 0. The smallest absolute Gasteiger partial charge is 0.0739 e. The molecular weight excluding hydrogens is 396 g/mol. The molecule has 0 aromatic carbocycles. The molecule has 4 aliphatic carbocycles. The second-order valence-corrected chi connectivity index (χ2v) is 13.0. The van der Waals surface area contributed by atoms with Gasteiger partial charge in [0.15, 0.2) is 0 Å². The molecule has 4 fully saturated rings. The van der Waals surface area contributed by atoms with Crippen LogP contribution in [0.3, 0.4) is 0 Å². The van der Waals surface area contributed by atoms with E-state index in [1.807, 2.05) is 0 Å². The van der Waals surface area contributed by atoms with Crippen LogP contribution in [0.4, 0.5) is 0 Å². The van der Waals surface area contributed by atoms with Gasteiger partial charge in [0, 0.05) is 5.92 Å². The minimum absolute atomic E-state index is 0.0451. The summed E-state index contributed by atoms with van der Waals surface area (Å²) in [6.45, 7) is 17.7. The molecule has 182 valence electrons. The number of allylic oxidation sites excluding steroid dienone is 3. The molecule has 0 unspecified atom stereocenters. The molecule has 3 nitrogen and oxygen atoms in total. The predicted molar refractivity (Wildman–Crippen MR) is 131 cm³/mol. The molecule has 0 bridgehead atoms. The summed E-state index contributed by atoms with van der Waals surface area (Å²) in [7, 11) is 0. The van der Waals surface area contributed by atoms with Gasteiger partial charge in [-0.3, -0.25) is 0 Å². The van der Waals surface area contributed by atoms with E-state index in [2.05, 4.69) is 60.3 Å². The van der Waals surface area contributed by atoms with Crippen LogP contribution in [-0.4, -0.2) is 33.1 Å². The highest BCUT2D eigenvalue weighted by Gasteiger charge is 2.70. The maximum atomic E-state index is 12.4. The van der Waals surface area contributed by atoms with Crippen LogP contribution in [0.25, 0.3) is 0 Å². The van der Waals surface area contributed by atoms with E-state index in [0.717, 1.165) is 44.9 Å². The topological polar surface area (TPSA) is 60.7 Å². The number of fused-ring (bicyclic) bond motifs is 5. The highest BCUT2D eigenvalue weighted by Crippen LogP contribution is 2.70. The van der Waals surface area contributed by atoms with E-state index in [9.17, 15) is 15.3 Å². The fourth-order valence-electron chi connectivity index (χ4n) is 9.44. The summed E-state index contributed by atoms with van der Waals surface area (Å²) in [4.78, 5) is 0. The molecule has 4 rings (SSSR count). The van der Waals surface area contributed by atoms with Crippen LogP contribution in [0.2, 0.25) is 0 Å². The molecule has 3 N–H and O–H groups in total. The first-order valence-electron chi connectivity index (χ1n) is 13.3. The lowest BCUT2D eigenvalue weighted by Crippen LogP contribution is -2.69. The molecule has 0 radical (unpaired) electrons. The molecule has 0 aliphatic heterocycles. The van der Waals surface area contributed by atoms with Crippen molar-refractivity contribution < 1.29 is 15.3 Å². The summed E-state index contributed by atoms with van der Waals surface area (Å²) in [5, 5.41) is 34.6. The molecule has 11 atom stereocenters. The zero-order valence-corrected chi connectivity index (χ0v) is 21.3. The van der Waals surface area contributed by atoms with Crippen molar-refractivity contribution in [2.75, 3.05) is 0 Å². The molecule has 4 aliphatic rings. The number of aliphatic hydroxyl groups excluding tert-OH is 2. The maximum Gasteiger partial charge on any atom is 0.0739 e. The largest absolute Gasteiger partial charge is 0.393 e. The first-order valence-corrected chi connectivity index (χ1v) is 13.3. The Morgan fingerprint density at radius 1 is 0.969 bits per heavy atom. The zero-order valence-electron chi connectivity index (χ0n) is 21.3. The van der Waals surface area contributed by atoms with E-state index < -0.39 is 11.7 Å². The normalized spacial score (nSPS) is 51.9.